The van der Waals surface area contributed by atoms with Crippen LogP contribution in [0.25, 0.3) is 28.2 Å². The number of fused-ring (bicyclic) bond motifs is 1. The van der Waals surface area contributed by atoms with Crippen molar-refractivity contribution in [3.05, 3.63) is 66.0 Å². The molecule has 3 heterocycles. The lowest BCUT2D eigenvalue weighted by molar-refractivity contribution is 0.0595. The number of rotatable bonds is 3. The van der Waals surface area contributed by atoms with Crippen molar-refractivity contribution in [2.75, 3.05) is 12.8 Å². The Kier molecular flexibility index (Phi) is 4.23. The first kappa shape index (κ1) is 17.6. The summed E-state index contributed by atoms with van der Waals surface area (Å²) < 4.78 is 20.4. The predicted octanol–water partition coefficient (Wildman–Crippen LogP) is 3.27. The summed E-state index contributed by atoms with van der Waals surface area (Å²) >= 11 is 0. The number of aryl methyl sites for hydroxylation is 1. The van der Waals surface area contributed by atoms with Gasteiger partial charge in [-0.2, -0.15) is 0 Å². The maximum Gasteiger partial charge on any atom is 0.360 e. The molecule has 3 aromatic heterocycles. The van der Waals surface area contributed by atoms with Crippen molar-refractivity contribution < 1.29 is 13.9 Å². The summed E-state index contributed by atoms with van der Waals surface area (Å²) in [7, 11) is 1.24. The number of carbonyl (C=O) groups is 1. The number of ether oxygens (including phenoxy) is 1. The average molecular weight is 377 g/mol. The van der Waals surface area contributed by atoms with Crippen molar-refractivity contribution in [2.24, 2.45) is 0 Å². The number of aromatic nitrogens is 4. The summed E-state index contributed by atoms with van der Waals surface area (Å²) in [6.45, 7) is 1.92. The Bertz CT molecular complexity index is 1220. The number of hydrogen-bond donors (Lipinski definition) is 1. The van der Waals surface area contributed by atoms with Crippen molar-refractivity contribution in [3.63, 3.8) is 0 Å². The topological polar surface area (TPSA) is 95.4 Å². The molecule has 0 radical (unpaired) electrons. The van der Waals surface area contributed by atoms with Crippen molar-refractivity contribution in [1.29, 1.82) is 0 Å². The SMILES string of the molecule is COC(=O)c1nc(-c2ccc3ncc(C)n3c2)c(-c2cccc(F)c2)nc1N. The van der Waals surface area contributed by atoms with E-state index in [9.17, 15) is 9.18 Å². The number of nitrogens with zero attached hydrogens (tertiary/aromatic N) is 4. The number of benzene rings is 1. The lowest BCUT2D eigenvalue weighted by Gasteiger charge is -2.13. The fourth-order valence-electron chi connectivity index (χ4n) is 2.98. The molecule has 28 heavy (non-hydrogen) atoms. The Balaban J connectivity index is 2.01. The Labute approximate surface area is 159 Å². The zero-order valence-corrected chi connectivity index (χ0v) is 15.2. The van der Waals surface area contributed by atoms with Crippen LogP contribution in [0, 0.1) is 12.7 Å². The predicted molar refractivity (Wildman–Crippen MR) is 102 cm³/mol. The highest BCUT2D eigenvalue weighted by Crippen LogP contribution is 2.31. The summed E-state index contributed by atoms with van der Waals surface area (Å²) in [4.78, 5) is 25.1. The average Bonchev–Trinajstić information content (AvgIpc) is 3.07. The van der Waals surface area contributed by atoms with E-state index >= 15 is 0 Å². The molecule has 140 valence electrons. The van der Waals surface area contributed by atoms with E-state index in [0.717, 1.165) is 11.3 Å². The summed E-state index contributed by atoms with van der Waals surface area (Å²) in [5, 5.41) is 0. The van der Waals surface area contributed by atoms with Crippen molar-refractivity contribution >= 4 is 17.4 Å². The Morgan fingerprint density at radius 2 is 1.93 bits per heavy atom. The van der Waals surface area contributed by atoms with E-state index in [1.165, 1.54) is 19.2 Å². The molecule has 0 aliphatic rings. The molecule has 0 aliphatic carbocycles. The van der Waals surface area contributed by atoms with Crippen molar-refractivity contribution in [1.82, 2.24) is 19.4 Å². The third-order valence-electron chi connectivity index (χ3n) is 4.36. The number of carbonyl (C=O) groups excluding carboxylic acids is 1. The number of imidazole rings is 1. The summed E-state index contributed by atoms with van der Waals surface area (Å²) in [5.74, 6) is -1.20. The fourth-order valence-corrected chi connectivity index (χ4v) is 2.98. The highest BCUT2D eigenvalue weighted by Gasteiger charge is 2.21. The van der Waals surface area contributed by atoms with Gasteiger partial charge in [-0.05, 0) is 31.2 Å². The standard InChI is InChI=1S/C20H16FN5O2/c1-11-9-23-15-7-6-13(10-26(11)15)17-16(12-4-3-5-14(21)8-12)25-19(22)18(24-17)20(27)28-2/h3-10H,1-2H3,(H2,22,25). The van der Waals surface area contributed by atoms with Gasteiger partial charge in [-0.3, -0.25) is 0 Å². The summed E-state index contributed by atoms with van der Waals surface area (Å²) in [6, 6.07) is 9.59. The maximum atomic E-state index is 13.8. The van der Waals surface area contributed by atoms with E-state index in [4.69, 9.17) is 10.5 Å². The van der Waals surface area contributed by atoms with Crippen molar-refractivity contribution in [3.8, 4) is 22.5 Å². The zero-order valence-electron chi connectivity index (χ0n) is 15.2. The molecule has 0 saturated heterocycles. The highest BCUT2D eigenvalue weighted by atomic mass is 19.1. The number of esters is 1. The van der Waals surface area contributed by atoms with Gasteiger partial charge < -0.3 is 14.9 Å². The molecule has 0 amide bonds. The smallest absolute Gasteiger partial charge is 0.360 e. The normalized spacial score (nSPS) is 11.0. The molecule has 0 aliphatic heterocycles. The first-order valence-corrected chi connectivity index (χ1v) is 8.44. The third-order valence-corrected chi connectivity index (χ3v) is 4.36. The second kappa shape index (κ2) is 6.73. The van der Waals surface area contributed by atoms with E-state index in [-0.39, 0.29) is 11.5 Å². The lowest BCUT2D eigenvalue weighted by Crippen LogP contribution is -2.12. The van der Waals surface area contributed by atoms with Gasteiger partial charge in [0.05, 0.1) is 18.5 Å². The van der Waals surface area contributed by atoms with Crippen LogP contribution in [0.15, 0.2) is 48.8 Å². The molecule has 4 rings (SSSR count). The van der Waals surface area contributed by atoms with Crippen LogP contribution in [0.5, 0.6) is 0 Å². The molecule has 4 aromatic rings. The van der Waals surface area contributed by atoms with Gasteiger partial charge in [-0.1, -0.05) is 12.1 Å². The number of halogens is 1. The molecule has 1 aromatic carbocycles. The number of methoxy groups -OCH3 is 1. The van der Waals surface area contributed by atoms with Crippen LogP contribution in [0.1, 0.15) is 16.2 Å². The number of hydrogen-bond acceptors (Lipinski definition) is 6. The molecular formula is C20H16FN5O2. The Morgan fingerprint density at radius 1 is 1.14 bits per heavy atom. The molecule has 0 spiro atoms. The highest BCUT2D eigenvalue weighted by molar-refractivity contribution is 5.94. The fraction of sp³-hybridized carbons (Fsp3) is 0.100. The second-order valence-electron chi connectivity index (χ2n) is 6.20. The third kappa shape index (κ3) is 2.94. The van der Waals surface area contributed by atoms with Crippen LogP contribution in [-0.4, -0.2) is 32.4 Å². The van der Waals surface area contributed by atoms with Gasteiger partial charge in [0.1, 0.15) is 11.5 Å². The quantitative estimate of drug-likeness (QED) is 0.551. The van der Waals surface area contributed by atoms with Crippen LogP contribution in [0.3, 0.4) is 0 Å². The number of nitrogen functional groups attached to an aromatic ring is 1. The van der Waals surface area contributed by atoms with E-state index in [2.05, 4.69) is 15.0 Å². The van der Waals surface area contributed by atoms with Crippen LogP contribution in [-0.2, 0) is 4.74 Å². The minimum absolute atomic E-state index is 0.0882. The molecule has 7 nitrogen and oxygen atoms in total. The summed E-state index contributed by atoms with van der Waals surface area (Å²) in [5.41, 5.74) is 9.45. The van der Waals surface area contributed by atoms with Gasteiger partial charge in [0.25, 0.3) is 0 Å². The zero-order chi connectivity index (χ0) is 19.8. The molecule has 0 bridgehead atoms. The molecule has 8 heteroatoms. The van der Waals surface area contributed by atoms with Gasteiger partial charge in [-0.15, -0.1) is 0 Å². The molecule has 2 N–H and O–H groups in total. The number of nitrogens with two attached hydrogens (primary N) is 1. The molecular weight excluding hydrogens is 361 g/mol. The molecule has 0 atom stereocenters. The van der Waals surface area contributed by atoms with Crippen LogP contribution < -0.4 is 5.73 Å². The van der Waals surface area contributed by atoms with Gasteiger partial charge in [0.2, 0.25) is 0 Å². The number of pyridine rings is 1. The molecule has 0 unspecified atom stereocenters. The summed E-state index contributed by atoms with van der Waals surface area (Å²) in [6.07, 6.45) is 3.59. The maximum absolute atomic E-state index is 13.8. The van der Waals surface area contributed by atoms with Gasteiger partial charge in [0.15, 0.2) is 11.5 Å². The van der Waals surface area contributed by atoms with E-state index < -0.39 is 11.8 Å². The first-order valence-electron chi connectivity index (χ1n) is 8.44. The number of anilines is 1. The van der Waals surface area contributed by atoms with Crippen LogP contribution >= 0.6 is 0 Å². The molecule has 0 saturated carbocycles. The van der Waals surface area contributed by atoms with Gasteiger partial charge in [-0.25, -0.2) is 24.1 Å². The Hall–Kier alpha value is -3.81. The monoisotopic (exact) mass is 377 g/mol. The Morgan fingerprint density at radius 3 is 2.68 bits per heavy atom. The van der Waals surface area contributed by atoms with Crippen LogP contribution in [0.4, 0.5) is 10.2 Å². The van der Waals surface area contributed by atoms with Gasteiger partial charge >= 0.3 is 5.97 Å². The second-order valence-corrected chi connectivity index (χ2v) is 6.20. The first-order chi connectivity index (χ1) is 13.5. The van der Waals surface area contributed by atoms with Crippen molar-refractivity contribution in [2.45, 2.75) is 6.92 Å². The van der Waals surface area contributed by atoms with E-state index in [1.54, 1.807) is 18.3 Å². The largest absolute Gasteiger partial charge is 0.464 e. The van der Waals surface area contributed by atoms with E-state index in [0.29, 0.717) is 22.5 Å². The molecule has 0 fully saturated rings. The van der Waals surface area contributed by atoms with E-state index in [1.807, 2.05) is 29.7 Å². The van der Waals surface area contributed by atoms with Gasteiger partial charge in [0, 0.05) is 29.2 Å². The van der Waals surface area contributed by atoms with Crippen LogP contribution in [0.2, 0.25) is 0 Å². The minimum Gasteiger partial charge on any atom is -0.464 e. The minimum atomic E-state index is -0.697. The lowest BCUT2D eigenvalue weighted by atomic mass is 10.0.